The van der Waals surface area contributed by atoms with E-state index in [1.54, 1.807) is 4.90 Å². The Morgan fingerprint density at radius 1 is 1.39 bits per heavy atom. The molecule has 6 heteroatoms. The van der Waals surface area contributed by atoms with E-state index in [4.69, 9.17) is 0 Å². The van der Waals surface area contributed by atoms with E-state index in [9.17, 15) is 18.0 Å². The fourth-order valence-electron chi connectivity index (χ4n) is 3.22. The summed E-state index contributed by atoms with van der Waals surface area (Å²) in [5.74, 6) is 0.503. The summed E-state index contributed by atoms with van der Waals surface area (Å²) in [4.78, 5) is 13.6. The van der Waals surface area contributed by atoms with Crippen LogP contribution in [0, 0.1) is 11.8 Å². The van der Waals surface area contributed by atoms with Crippen LogP contribution >= 0.6 is 0 Å². The van der Waals surface area contributed by atoms with Crippen LogP contribution in [-0.4, -0.2) is 42.7 Å². The SMILES string of the molecule is CCC1C2CNCC2CN1C(=O)CCC(F)(F)F. The molecule has 1 amide bonds. The molecule has 0 spiro atoms. The summed E-state index contributed by atoms with van der Waals surface area (Å²) in [6.07, 6.45) is -4.84. The van der Waals surface area contributed by atoms with Crippen LogP contribution in [0.25, 0.3) is 0 Å². The van der Waals surface area contributed by atoms with E-state index >= 15 is 0 Å². The number of nitrogens with zero attached hydrogens (tertiary/aromatic N) is 1. The van der Waals surface area contributed by atoms with Crippen molar-refractivity contribution in [3.8, 4) is 0 Å². The quantitative estimate of drug-likeness (QED) is 0.843. The molecule has 2 aliphatic heterocycles. The molecular weight excluding hydrogens is 245 g/mol. The van der Waals surface area contributed by atoms with Crippen molar-refractivity contribution in [2.24, 2.45) is 11.8 Å². The second-order valence-electron chi connectivity index (χ2n) is 5.22. The topological polar surface area (TPSA) is 32.3 Å². The molecule has 104 valence electrons. The molecule has 2 rings (SSSR count). The van der Waals surface area contributed by atoms with Gasteiger partial charge in [0.2, 0.25) is 5.91 Å². The van der Waals surface area contributed by atoms with E-state index in [-0.39, 0.29) is 11.9 Å². The Morgan fingerprint density at radius 3 is 2.72 bits per heavy atom. The van der Waals surface area contributed by atoms with Crippen molar-refractivity contribution in [2.75, 3.05) is 19.6 Å². The average Bonchev–Trinajstić information content (AvgIpc) is 2.83. The number of carbonyl (C=O) groups excluding carboxylic acids is 1. The van der Waals surface area contributed by atoms with Crippen molar-refractivity contribution in [3.63, 3.8) is 0 Å². The summed E-state index contributed by atoms with van der Waals surface area (Å²) in [6.45, 7) is 4.37. The first-order chi connectivity index (χ1) is 8.42. The fourth-order valence-corrected chi connectivity index (χ4v) is 3.22. The van der Waals surface area contributed by atoms with Gasteiger partial charge < -0.3 is 10.2 Å². The highest BCUT2D eigenvalue weighted by molar-refractivity contribution is 5.77. The molecule has 0 bridgehead atoms. The highest BCUT2D eigenvalue weighted by atomic mass is 19.4. The number of likely N-dealkylation sites (tertiary alicyclic amines) is 1. The molecule has 3 atom stereocenters. The highest BCUT2D eigenvalue weighted by Gasteiger charge is 2.45. The number of fused-ring (bicyclic) bond motifs is 1. The normalized spacial score (nSPS) is 31.8. The molecule has 0 aromatic heterocycles. The molecule has 2 heterocycles. The first-order valence-corrected chi connectivity index (χ1v) is 6.49. The molecular formula is C12H19F3N2O. The van der Waals surface area contributed by atoms with Gasteiger partial charge in [0.15, 0.2) is 0 Å². The largest absolute Gasteiger partial charge is 0.389 e. The second kappa shape index (κ2) is 5.07. The zero-order valence-electron chi connectivity index (χ0n) is 10.5. The third-order valence-electron chi connectivity index (χ3n) is 4.08. The number of halogens is 3. The monoisotopic (exact) mass is 264 g/mol. The smallest absolute Gasteiger partial charge is 0.339 e. The van der Waals surface area contributed by atoms with Crippen LogP contribution in [0.5, 0.6) is 0 Å². The summed E-state index contributed by atoms with van der Waals surface area (Å²) < 4.78 is 36.4. The van der Waals surface area contributed by atoms with Gasteiger partial charge in [-0.25, -0.2) is 0 Å². The predicted octanol–water partition coefficient (Wildman–Crippen LogP) is 1.79. The summed E-state index contributed by atoms with van der Waals surface area (Å²) >= 11 is 0. The molecule has 0 aliphatic carbocycles. The van der Waals surface area contributed by atoms with Crippen LogP contribution in [0.2, 0.25) is 0 Å². The number of amides is 1. The Balaban J connectivity index is 1.94. The molecule has 0 aromatic rings. The van der Waals surface area contributed by atoms with Gasteiger partial charge >= 0.3 is 6.18 Å². The zero-order chi connectivity index (χ0) is 13.3. The van der Waals surface area contributed by atoms with Crippen molar-refractivity contribution in [1.82, 2.24) is 10.2 Å². The zero-order valence-corrected chi connectivity index (χ0v) is 10.5. The van der Waals surface area contributed by atoms with Gasteiger partial charge in [-0.2, -0.15) is 13.2 Å². The lowest BCUT2D eigenvalue weighted by Gasteiger charge is -2.27. The van der Waals surface area contributed by atoms with Gasteiger partial charge in [0, 0.05) is 32.1 Å². The minimum atomic E-state index is -4.24. The lowest BCUT2D eigenvalue weighted by molar-refractivity contribution is -0.149. The molecule has 0 saturated carbocycles. The molecule has 18 heavy (non-hydrogen) atoms. The molecule has 2 aliphatic rings. The number of alkyl halides is 3. The Hall–Kier alpha value is -0.780. The maximum absolute atomic E-state index is 12.1. The molecule has 2 saturated heterocycles. The second-order valence-corrected chi connectivity index (χ2v) is 5.22. The van der Waals surface area contributed by atoms with Crippen LogP contribution < -0.4 is 5.32 Å². The third-order valence-corrected chi connectivity index (χ3v) is 4.08. The number of rotatable bonds is 3. The first-order valence-electron chi connectivity index (χ1n) is 6.49. The minimum Gasteiger partial charge on any atom is -0.339 e. The van der Waals surface area contributed by atoms with Gasteiger partial charge in [0.1, 0.15) is 0 Å². The van der Waals surface area contributed by atoms with Crippen LogP contribution in [0.15, 0.2) is 0 Å². The molecule has 0 aromatic carbocycles. The number of hydrogen-bond donors (Lipinski definition) is 1. The standard InChI is InChI=1S/C12H19F3N2O/c1-2-10-9-6-16-5-8(9)7-17(10)11(18)3-4-12(13,14)15/h8-10,16H,2-7H2,1H3. The van der Waals surface area contributed by atoms with Crippen LogP contribution in [0.4, 0.5) is 13.2 Å². The van der Waals surface area contributed by atoms with E-state index in [1.165, 1.54) is 0 Å². The van der Waals surface area contributed by atoms with Crippen LogP contribution in [0.1, 0.15) is 26.2 Å². The predicted molar refractivity (Wildman–Crippen MR) is 60.9 cm³/mol. The minimum absolute atomic E-state index is 0.116. The molecule has 0 radical (unpaired) electrons. The van der Waals surface area contributed by atoms with Crippen molar-refractivity contribution < 1.29 is 18.0 Å². The van der Waals surface area contributed by atoms with Gasteiger partial charge in [-0.05, 0) is 18.3 Å². The molecule has 2 fully saturated rings. The lowest BCUT2D eigenvalue weighted by Crippen LogP contribution is -2.39. The molecule has 3 unspecified atom stereocenters. The highest BCUT2D eigenvalue weighted by Crippen LogP contribution is 2.35. The maximum Gasteiger partial charge on any atom is 0.389 e. The Labute approximate surface area is 105 Å². The van der Waals surface area contributed by atoms with Crippen LogP contribution in [0.3, 0.4) is 0 Å². The number of hydrogen-bond acceptors (Lipinski definition) is 2. The van der Waals surface area contributed by atoms with E-state index in [0.29, 0.717) is 18.4 Å². The number of nitrogens with one attached hydrogen (secondary N) is 1. The maximum atomic E-state index is 12.1. The summed E-state index contributed by atoms with van der Waals surface area (Å²) in [7, 11) is 0. The fraction of sp³-hybridized carbons (Fsp3) is 0.917. The van der Waals surface area contributed by atoms with Gasteiger partial charge in [-0.3, -0.25) is 4.79 Å². The van der Waals surface area contributed by atoms with Gasteiger partial charge in [-0.15, -0.1) is 0 Å². The van der Waals surface area contributed by atoms with Gasteiger partial charge in [-0.1, -0.05) is 6.92 Å². The van der Waals surface area contributed by atoms with E-state index in [1.807, 2.05) is 6.92 Å². The van der Waals surface area contributed by atoms with Crippen molar-refractivity contribution >= 4 is 5.91 Å². The van der Waals surface area contributed by atoms with Crippen molar-refractivity contribution in [3.05, 3.63) is 0 Å². The lowest BCUT2D eigenvalue weighted by atomic mass is 9.93. The summed E-state index contributed by atoms with van der Waals surface area (Å²) in [6, 6.07) is 0.116. The van der Waals surface area contributed by atoms with E-state index in [2.05, 4.69) is 5.32 Å². The molecule has 3 nitrogen and oxygen atoms in total. The average molecular weight is 264 g/mol. The van der Waals surface area contributed by atoms with E-state index in [0.717, 1.165) is 19.5 Å². The van der Waals surface area contributed by atoms with Crippen molar-refractivity contribution in [2.45, 2.75) is 38.4 Å². The summed E-state index contributed by atoms with van der Waals surface area (Å²) in [5.41, 5.74) is 0. The first kappa shape index (κ1) is 13.6. The van der Waals surface area contributed by atoms with Gasteiger partial charge in [0.25, 0.3) is 0 Å². The Bertz CT molecular complexity index is 319. The third kappa shape index (κ3) is 2.79. The van der Waals surface area contributed by atoms with Crippen LogP contribution in [-0.2, 0) is 4.79 Å². The summed E-state index contributed by atoms with van der Waals surface area (Å²) in [5, 5.41) is 3.29. The van der Waals surface area contributed by atoms with E-state index < -0.39 is 19.0 Å². The Kier molecular flexibility index (Phi) is 3.84. The van der Waals surface area contributed by atoms with Crippen molar-refractivity contribution in [1.29, 1.82) is 0 Å². The molecule has 1 N–H and O–H groups in total. The Morgan fingerprint density at radius 2 is 2.11 bits per heavy atom. The number of carbonyl (C=O) groups is 1. The van der Waals surface area contributed by atoms with Gasteiger partial charge in [0.05, 0.1) is 6.42 Å².